The summed E-state index contributed by atoms with van der Waals surface area (Å²) in [5.41, 5.74) is 2.50. The van der Waals surface area contributed by atoms with Crippen molar-refractivity contribution in [2.24, 2.45) is 0 Å². The average molecular weight is 290 g/mol. The highest BCUT2D eigenvalue weighted by Crippen LogP contribution is 2.09. The predicted octanol–water partition coefficient (Wildman–Crippen LogP) is 1.81. The van der Waals surface area contributed by atoms with Gasteiger partial charge < -0.3 is 15.4 Å². The Morgan fingerprint density at radius 3 is 2.86 bits per heavy atom. The summed E-state index contributed by atoms with van der Waals surface area (Å²) in [6.45, 7) is 5.37. The molecule has 0 radical (unpaired) electrons. The van der Waals surface area contributed by atoms with Crippen molar-refractivity contribution < 1.29 is 9.53 Å². The van der Waals surface area contributed by atoms with Crippen molar-refractivity contribution in [3.8, 4) is 0 Å². The molecule has 0 aromatic heterocycles. The first-order valence-electron chi connectivity index (χ1n) is 7.89. The topological polar surface area (TPSA) is 50.4 Å². The minimum absolute atomic E-state index is 0.104. The van der Waals surface area contributed by atoms with E-state index < -0.39 is 0 Å². The molecule has 1 heterocycles. The van der Waals surface area contributed by atoms with Gasteiger partial charge in [0.1, 0.15) is 0 Å². The van der Waals surface area contributed by atoms with E-state index in [1.165, 1.54) is 11.1 Å². The smallest absolute Gasteiger partial charge is 0.220 e. The van der Waals surface area contributed by atoms with Gasteiger partial charge in [0, 0.05) is 13.0 Å². The number of rotatable bonds is 7. The van der Waals surface area contributed by atoms with E-state index in [-0.39, 0.29) is 5.91 Å². The highest BCUT2D eigenvalue weighted by Gasteiger charge is 2.12. The third-order valence-corrected chi connectivity index (χ3v) is 3.95. The number of piperidine rings is 1. The van der Waals surface area contributed by atoms with Crippen LogP contribution in [0.4, 0.5) is 0 Å². The van der Waals surface area contributed by atoms with E-state index in [0.29, 0.717) is 25.7 Å². The van der Waals surface area contributed by atoms with Crippen molar-refractivity contribution in [2.45, 2.75) is 38.7 Å². The molecule has 2 N–H and O–H groups in total. The quantitative estimate of drug-likeness (QED) is 0.753. The summed E-state index contributed by atoms with van der Waals surface area (Å²) in [7, 11) is 0. The van der Waals surface area contributed by atoms with Gasteiger partial charge in [-0.25, -0.2) is 0 Å². The predicted molar refractivity (Wildman–Crippen MR) is 84.4 cm³/mol. The Kier molecular flexibility index (Phi) is 6.70. The highest BCUT2D eigenvalue weighted by molar-refractivity contribution is 5.76. The minimum Gasteiger partial charge on any atom is -0.376 e. The Bertz CT molecular complexity index is 442. The van der Waals surface area contributed by atoms with E-state index in [1.807, 2.05) is 12.1 Å². The number of carbonyl (C=O) groups excluding carboxylic acids is 1. The molecule has 2 rings (SSSR count). The first kappa shape index (κ1) is 16.0. The maximum atomic E-state index is 11.8. The van der Waals surface area contributed by atoms with Crippen LogP contribution in [-0.4, -0.2) is 38.3 Å². The molecule has 0 saturated carbocycles. The van der Waals surface area contributed by atoms with E-state index >= 15 is 0 Å². The Labute approximate surface area is 127 Å². The zero-order valence-corrected chi connectivity index (χ0v) is 12.9. The second kappa shape index (κ2) is 8.80. The Hall–Kier alpha value is -1.39. The monoisotopic (exact) mass is 290 g/mol. The molecule has 1 aliphatic heterocycles. The van der Waals surface area contributed by atoms with Gasteiger partial charge in [-0.15, -0.1) is 0 Å². The van der Waals surface area contributed by atoms with E-state index in [4.69, 9.17) is 4.74 Å². The summed E-state index contributed by atoms with van der Waals surface area (Å²) in [6, 6.07) is 8.22. The molecule has 21 heavy (non-hydrogen) atoms. The number of benzene rings is 1. The van der Waals surface area contributed by atoms with Crippen LogP contribution in [-0.2, 0) is 16.0 Å². The zero-order chi connectivity index (χ0) is 14.9. The molecule has 1 amide bonds. The normalized spacial score (nSPS) is 15.9. The molecular weight excluding hydrogens is 264 g/mol. The molecule has 0 spiro atoms. The van der Waals surface area contributed by atoms with Crippen molar-refractivity contribution in [3.05, 3.63) is 35.4 Å². The lowest BCUT2D eigenvalue weighted by molar-refractivity contribution is -0.121. The molecule has 1 fully saturated rings. The van der Waals surface area contributed by atoms with E-state index in [1.54, 1.807) is 0 Å². The van der Waals surface area contributed by atoms with Crippen LogP contribution in [0.1, 0.15) is 30.4 Å². The molecular formula is C17H26N2O2. The van der Waals surface area contributed by atoms with Crippen LogP contribution in [0.15, 0.2) is 24.3 Å². The van der Waals surface area contributed by atoms with Gasteiger partial charge in [0.25, 0.3) is 0 Å². The number of hydrogen-bond acceptors (Lipinski definition) is 3. The summed E-state index contributed by atoms with van der Waals surface area (Å²) >= 11 is 0. The van der Waals surface area contributed by atoms with Crippen LogP contribution < -0.4 is 10.6 Å². The Morgan fingerprint density at radius 2 is 2.10 bits per heavy atom. The number of nitrogens with one attached hydrogen (secondary N) is 2. The number of ether oxygens (including phenoxy) is 1. The SMILES string of the molecule is Cc1ccccc1CCC(=O)NCCOC1CCNCC1. The second-order valence-electron chi connectivity index (χ2n) is 5.60. The number of amides is 1. The van der Waals surface area contributed by atoms with Crippen LogP contribution in [0.3, 0.4) is 0 Å². The molecule has 1 aliphatic rings. The largest absolute Gasteiger partial charge is 0.376 e. The van der Waals surface area contributed by atoms with Gasteiger partial charge in [0.05, 0.1) is 12.7 Å². The van der Waals surface area contributed by atoms with Crippen molar-refractivity contribution in [1.29, 1.82) is 0 Å². The van der Waals surface area contributed by atoms with E-state index in [0.717, 1.165) is 32.4 Å². The lowest BCUT2D eigenvalue weighted by atomic mass is 10.0. The molecule has 4 nitrogen and oxygen atoms in total. The third kappa shape index (κ3) is 5.86. The maximum Gasteiger partial charge on any atom is 0.220 e. The van der Waals surface area contributed by atoms with Crippen molar-refractivity contribution >= 4 is 5.91 Å². The molecule has 0 atom stereocenters. The number of carbonyl (C=O) groups is 1. The lowest BCUT2D eigenvalue weighted by Crippen LogP contribution is -2.34. The fourth-order valence-electron chi connectivity index (χ4n) is 2.61. The van der Waals surface area contributed by atoms with Crippen molar-refractivity contribution in [3.63, 3.8) is 0 Å². The van der Waals surface area contributed by atoms with Crippen LogP contribution in [0.2, 0.25) is 0 Å². The summed E-state index contributed by atoms with van der Waals surface area (Å²) in [4.78, 5) is 11.8. The first-order chi connectivity index (χ1) is 10.3. The van der Waals surface area contributed by atoms with Gasteiger partial charge in [0.15, 0.2) is 0 Å². The molecule has 1 aromatic rings. The summed E-state index contributed by atoms with van der Waals surface area (Å²) in [6.07, 6.45) is 3.84. The molecule has 0 unspecified atom stereocenters. The molecule has 4 heteroatoms. The first-order valence-corrected chi connectivity index (χ1v) is 7.89. The van der Waals surface area contributed by atoms with Gasteiger partial charge >= 0.3 is 0 Å². The van der Waals surface area contributed by atoms with Crippen LogP contribution in [0, 0.1) is 6.92 Å². The van der Waals surface area contributed by atoms with Gasteiger partial charge in [-0.1, -0.05) is 24.3 Å². The summed E-state index contributed by atoms with van der Waals surface area (Å²) in [5.74, 6) is 0.104. The fraction of sp³-hybridized carbons (Fsp3) is 0.588. The summed E-state index contributed by atoms with van der Waals surface area (Å²) < 4.78 is 5.76. The third-order valence-electron chi connectivity index (χ3n) is 3.95. The summed E-state index contributed by atoms with van der Waals surface area (Å²) in [5, 5.41) is 6.24. The van der Waals surface area contributed by atoms with E-state index in [2.05, 4.69) is 29.7 Å². The number of aryl methyl sites for hydroxylation is 2. The molecule has 0 aliphatic carbocycles. The maximum absolute atomic E-state index is 11.8. The van der Waals surface area contributed by atoms with Crippen molar-refractivity contribution in [2.75, 3.05) is 26.2 Å². The van der Waals surface area contributed by atoms with Crippen molar-refractivity contribution in [1.82, 2.24) is 10.6 Å². The zero-order valence-electron chi connectivity index (χ0n) is 12.9. The van der Waals surface area contributed by atoms with Crippen LogP contribution in [0.5, 0.6) is 0 Å². The highest BCUT2D eigenvalue weighted by atomic mass is 16.5. The van der Waals surface area contributed by atoms with Gasteiger partial charge in [-0.3, -0.25) is 4.79 Å². The molecule has 1 saturated heterocycles. The molecule has 116 valence electrons. The molecule has 1 aromatic carbocycles. The Morgan fingerprint density at radius 1 is 1.33 bits per heavy atom. The van der Waals surface area contributed by atoms with Crippen LogP contribution in [0.25, 0.3) is 0 Å². The lowest BCUT2D eigenvalue weighted by Gasteiger charge is -2.22. The Balaban J connectivity index is 1.56. The van der Waals surface area contributed by atoms with Crippen LogP contribution >= 0.6 is 0 Å². The van der Waals surface area contributed by atoms with E-state index in [9.17, 15) is 4.79 Å². The fourth-order valence-corrected chi connectivity index (χ4v) is 2.61. The minimum atomic E-state index is 0.104. The second-order valence-corrected chi connectivity index (χ2v) is 5.60. The number of hydrogen-bond donors (Lipinski definition) is 2. The standard InChI is InChI=1S/C17H26N2O2/c1-14-4-2-3-5-15(14)6-7-17(20)19-12-13-21-16-8-10-18-11-9-16/h2-5,16,18H,6-13H2,1H3,(H,19,20). The van der Waals surface area contributed by atoms with Gasteiger partial charge in [0.2, 0.25) is 5.91 Å². The van der Waals surface area contributed by atoms with Gasteiger partial charge in [-0.2, -0.15) is 0 Å². The average Bonchev–Trinajstić information content (AvgIpc) is 2.52. The molecule has 0 bridgehead atoms. The van der Waals surface area contributed by atoms with Gasteiger partial charge in [-0.05, 0) is 50.4 Å².